The number of aromatic hydroxyl groups is 1. The number of carbonyl (C=O) groups excluding carboxylic acids is 1. The number of aryl methyl sites for hydroxylation is 1. The lowest BCUT2D eigenvalue weighted by Gasteiger charge is -2.09. The fourth-order valence-electron chi connectivity index (χ4n) is 1.98. The highest BCUT2D eigenvalue weighted by molar-refractivity contribution is 5.95. The Bertz CT molecular complexity index is 596. The number of phenolic OH excluding ortho intramolecular Hbond substituents is 1. The summed E-state index contributed by atoms with van der Waals surface area (Å²) >= 11 is 0. The minimum absolute atomic E-state index is 0.132. The fourth-order valence-corrected chi connectivity index (χ4v) is 1.98. The first-order valence-corrected chi connectivity index (χ1v) is 6.92. The third-order valence-electron chi connectivity index (χ3n) is 3.07. The molecule has 4 nitrogen and oxygen atoms in total. The summed E-state index contributed by atoms with van der Waals surface area (Å²) in [5, 5.41) is 12.2. The molecule has 0 aliphatic carbocycles. The van der Waals surface area contributed by atoms with Gasteiger partial charge in [0, 0.05) is 12.1 Å². The van der Waals surface area contributed by atoms with Gasteiger partial charge < -0.3 is 15.2 Å². The number of benzene rings is 2. The van der Waals surface area contributed by atoms with Crippen LogP contribution in [0, 0.1) is 6.92 Å². The van der Waals surface area contributed by atoms with E-state index in [9.17, 15) is 9.90 Å². The van der Waals surface area contributed by atoms with Crippen molar-refractivity contribution in [1.29, 1.82) is 0 Å². The van der Waals surface area contributed by atoms with Gasteiger partial charge in [-0.1, -0.05) is 18.2 Å². The zero-order valence-corrected chi connectivity index (χ0v) is 12.0. The van der Waals surface area contributed by atoms with Crippen LogP contribution in [-0.4, -0.2) is 24.2 Å². The lowest BCUT2D eigenvalue weighted by molar-refractivity contribution is 0.0951. The second-order valence-corrected chi connectivity index (χ2v) is 4.77. The van der Waals surface area contributed by atoms with Crippen LogP contribution in [0.15, 0.2) is 48.5 Å². The molecule has 0 saturated carbocycles. The topological polar surface area (TPSA) is 58.6 Å². The van der Waals surface area contributed by atoms with Gasteiger partial charge in [0.2, 0.25) is 0 Å². The number of rotatable bonds is 6. The summed E-state index contributed by atoms with van der Waals surface area (Å²) < 4.78 is 5.55. The third-order valence-corrected chi connectivity index (χ3v) is 3.07. The standard InChI is InChI=1S/C17H19NO3/c1-13-12-14(19)8-9-16(13)17(20)18-10-5-11-21-15-6-3-2-4-7-15/h2-4,6-9,12,19H,5,10-11H2,1H3,(H,18,20). The van der Waals surface area contributed by atoms with Crippen molar-refractivity contribution in [2.45, 2.75) is 13.3 Å². The van der Waals surface area contributed by atoms with Crippen molar-refractivity contribution in [1.82, 2.24) is 5.32 Å². The Morgan fingerprint density at radius 1 is 1.19 bits per heavy atom. The maximum Gasteiger partial charge on any atom is 0.251 e. The summed E-state index contributed by atoms with van der Waals surface area (Å²) in [7, 11) is 0. The molecule has 0 radical (unpaired) electrons. The molecular weight excluding hydrogens is 266 g/mol. The molecule has 2 aromatic rings. The molecule has 0 heterocycles. The van der Waals surface area contributed by atoms with Crippen molar-refractivity contribution < 1.29 is 14.6 Å². The van der Waals surface area contributed by atoms with E-state index in [4.69, 9.17) is 4.74 Å². The fraction of sp³-hybridized carbons (Fsp3) is 0.235. The predicted octanol–water partition coefficient (Wildman–Crippen LogP) is 2.90. The summed E-state index contributed by atoms with van der Waals surface area (Å²) in [5.74, 6) is 0.866. The van der Waals surface area contributed by atoms with Gasteiger partial charge in [0.1, 0.15) is 11.5 Å². The molecule has 4 heteroatoms. The number of nitrogens with one attached hydrogen (secondary N) is 1. The van der Waals surface area contributed by atoms with Gasteiger partial charge in [0.05, 0.1) is 6.61 Å². The van der Waals surface area contributed by atoms with Crippen LogP contribution in [0.3, 0.4) is 0 Å². The molecule has 0 aliphatic heterocycles. The molecule has 2 rings (SSSR count). The summed E-state index contributed by atoms with van der Waals surface area (Å²) in [4.78, 5) is 12.0. The molecule has 0 atom stereocenters. The number of phenols is 1. The number of carbonyl (C=O) groups is 1. The van der Waals surface area contributed by atoms with Gasteiger partial charge in [-0.15, -0.1) is 0 Å². The molecule has 0 unspecified atom stereocenters. The molecular formula is C17H19NO3. The summed E-state index contributed by atoms with van der Waals surface area (Å²) in [6, 6.07) is 14.3. The lowest BCUT2D eigenvalue weighted by atomic mass is 10.1. The number of amides is 1. The first-order chi connectivity index (χ1) is 10.2. The van der Waals surface area contributed by atoms with Crippen molar-refractivity contribution in [3.63, 3.8) is 0 Å². The average molecular weight is 285 g/mol. The Kier molecular flexibility index (Phi) is 5.21. The molecule has 1 amide bonds. The minimum Gasteiger partial charge on any atom is -0.508 e. The van der Waals surface area contributed by atoms with Crippen LogP contribution in [0.1, 0.15) is 22.3 Å². The molecule has 0 aliphatic rings. The van der Waals surface area contributed by atoms with Crippen molar-refractivity contribution in [2.75, 3.05) is 13.2 Å². The highest BCUT2D eigenvalue weighted by Crippen LogP contribution is 2.15. The Hall–Kier alpha value is -2.49. The summed E-state index contributed by atoms with van der Waals surface area (Å²) in [6.45, 7) is 2.90. The van der Waals surface area contributed by atoms with E-state index in [0.717, 1.165) is 17.7 Å². The van der Waals surface area contributed by atoms with E-state index < -0.39 is 0 Å². The largest absolute Gasteiger partial charge is 0.508 e. The molecule has 0 fully saturated rings. The van der Waals surface area contributed by atoms with E-state index in [1.165, 1.54) is 6.07 Å². The minimum atomic E-state index is -0.132. The van der Waals surface area contributed by atoms with E-state index in [1.807, 2.05) is 30.3 Å². The van der Waals surface area contributed by atoms with E-state index >= 15 is 0 Å². The molecule has 21 heavy (non-hydrogen) atoms. The van der Waals surface area contributed by atoms with Crippen LogP contribution in [0.25, 0.3) is 0 Å². The number of hydrogen-bond donors (Lipinski definition) is 2. The Labute approximate surface area is 124 Å². The van der Waals surface area contributed by atoms with Crippen molar-refractivity contribution >= 4 is 5.91 Å². The predicted molar refractivity (Wildman–Crippen MR) is 81.7 cm³/mol. The van der Waals surface area contributed by atoms with Crippen LogP contribution < -0.4 is 10.1 Å². The second kappa shape index (κ2) is 7.33. The maximum atomic E-state index is 12.0. The van der Waals surface area contributed by atoms with E-state index in [1.54, 1.807) is 19.1 Å². The highest BCUT2D eigenvalue weighted by Gasteiger charge is 2.08. The first-order valence-electron chi connectivity index (χ1n) is 6.92. The molecule has 0 aromatic heterocycles. The monoisotopic (exact) mass is 285 g/mol. The van der Waals surface area contributed by atoms with Crippen LogP contribution in [0.2, 0.25) is 0 Å². The number of para-hydroxylation sites is 1. The summed E-state index contributed by atoms with van der Waals surface area (Å²) in [5.41, 5.74) is 1.34. The Morgan fingerprint density at radius 3 is 2.67 bits per heavy atom. The van der Waals surface area contributed by atoms with Crippen LogP contribution >= 0.6 is 0 Å². The zero-order chi connectivity index (χ0) is 15.1. The van der Waals surface area contributed by atoms with E-state index in [2.05, 4.69) is 5.32 Å². The Balaban J connectivity index is 1.72. The molecule has 110 valence electrons. The lowest BCUT2D eigenvalue weighted by Crippen LogP contribution is -2.26. The van der Waals surface area contributed by atoms with Crippen molar-refractivity contribution in [3.8, 4) is 11.5 Å². The van der Waals surface area contributed by atoms with E-state index in [-0.39, 0.29) is 11.7 Å². The highest BCUT2D eigenvalue weighted by atomic mass is 16.5. The third kappa shape index (κ3) is 4.53. The van der Waals surface area contributed by atoms with Gasteiger partial charge in [-0.2, -0.15) is 0 Å². The summed E-state index contributed by atoms with van der Waals surface area (Å²) in [6.07, 6.45) is 0.734. The zero-order valence-electron chi connectivity index (χ0n) is 12.0. The number of hydrogen-bond acceptors (Lipinski definition) is 3. The average Bonchev–Trinajstić information content (AvgIpc) is 2.47. The maximum absolute atomic E-state index is 12.0. The van der Waals surface area contributed by atoms with Crippen LogP contribution in [-0.2, 0) is 0 Å². The van der Waals surface area contributed by atoms with Crippen LogP contribution in [0.4, 0.5) is 0 Å². The van der Waals surface area contributed by atoms with E-state index in [0.29, 0.717) is 18.7 Å². The van der Waals surface area contributed by atoms with Crippen molar-refractivity contribution in [3.05, 3.63) is 59.7 Å². The number of ether oxygens (including phenoxy) is 1. The molecule has 0 saturated heterocycles. The van der Waals surface area contributed by atoms with Gasteiger partial charge >= 0.3 is 0 Å². The van der Waals surface area contributed by atoms with Gasteiger partial charge in [-0.25, -0.2) is 0 Å². The molecule has 2 aromatic carbocycles. The SMILES string of the molecule is Cc1cc(O)ccc1C(=O)NCCCOc1ccccc1. The van der Waals surface area contributed by atoms with Gasteiger partial charge in [-0.05, 0) is 49.2 Å². The van der Waals surface area contributed by atoms with Gasteiger partial charge in [0.15, 0.2) is 0 Å². The quantitative estimate of drug-likeness (QED) is 0.802. The second-order valence-electron chi connectivity index (χ2n) is 4.77. The molecule has 0 bridgehead atoms. The van der Waals surface area contributed by atoms with Crippen LogP contribution in [0.5, 0.6) is 11.5 Å². The van der Waals surface area contributed by atoms with Gasteiger partial charge in [-0.3, -0.25) is 4.79 Å². The first kappa shape index (κ1) is 14.9. The molecule has 0 spiro atoms. The smallest absolute Gasteiger partial charge is 0.251 e. The van der Waals surface area contributed by atoms with Crippen molar-refractivity contribution in [2.24, 2.45) is 0 Å². The Morgan fingerprint density at radius 2 is 1.95 bits per heavy atom. The molecule has 2 N–H and O–H groups in total. The van der Waals surface area contributed by atoms with Gasteiger partial charge in [0.25, 0.3) is 5.91 Å². The normalized spacial score (nSPS) is 10.1.